The van der Waals surface area contributed by atoms with Crippen molar-refractivity contribution in [2.75, 3.05) is 13.2 Å². The van der Waals surface area contributed by atoms with Crippen molar-refractivity contribution in [1.82, 2.24) is 4.90 Å². The van der Waals surface area contributed by atoms with Crippen LogP contribution in [0.15, 0.2) is 42.5 Å². The summed E-state index contributed by atoms with van der Waals surface area (Å²) in [6.45, 7) is 6.86. The summed E-state index contributed by atoms with van der Waals surface area (Å²) in [5.41, 5.74) is 0.390. The normalized spacial score (nSPS) is 33.0. The molecule has 3 aliphatic heterocycles. The van der Waals surface area contributed by atoms with E-state index < -0.39 is 17.4 Å². The molecule has 1 amide bonds. The molecule has 1 aromatic rings. The zero-order valence-electron chi connectivity index (χ0n) is 15.4. The highest BCUT2D eigenvalue weighted by Crippen LogP contribution is 2.53. The number of likely N-dealkylation sites (tertiary alicyclic amines) is 1. The first-order chi connectivity index (χ1) is 12.4. The van der Waals surface area contributed by atoms with E-state index in [1.54, 1.807) is 0 Å². The molecule has 138 valence electrons. The molecule has 0 aromatic heterocycles. The highest BCUT2D eigenvalue weighted by molar-refractivity contribution is 5.91. The molecule has 4 rings (SSSR count). The fourth-order valence-corrected chi connectivity index (χ4v) is 4.38. The molecule has 2 bridgehead atoms. The van der Waals surface area contributed by atoms with E-state index in [9.17, 15) is 9.59 Å². The molecular formula is C21H25NO4. The molecule has 0 N–H and O–H groups in total. The number of hydrogen-bond acceptors (Lipinski definition) is 4. The number of hydrogen-bond donors (Lipinski definition) is 0. The number of fused-ring (bicyclic) bond motifs is 1. The first-order valence-electron chi connectivity index (χ1n) is 9.32. The van der Waals surface area contributed by atoms with E-state index in [2.05, 4.69) is 0 Å². The van der Waals surface area contributed by atoms with Gasteiger partial charge in [-0.3, -0.25) is 9.59 Å². The molecule has 26 heavy (non-hydrogen) atoms. The Morgan fingerprint density at radius 3 is 2.73 bits per heavy atom. The summed E-state index contributed by atoms with van der Waals surface area (Å²) < 4.78 is 11.6. The van der Waals surface area contributed by atoms with Crippen LogP contribution < -0.4 is 0 Å². The number of rotatable bonds is 5. The van der Waals surface area contributed by atoms with Gasteiger partial charge in [-0.05, 0) is 18.4 Å². The number of carbonyl (C=O) groups is 2. The van der Waals surface area contributed by atoms with Crippen LogP contribution in [0.2, 0.25) is 0 Å². The number of ether oxygens (including phenoxy) is 2. The molecule has 0 radical (unpaired) electrons. The monoisotopic (exact) mass is 355 g/mol. The maximum absolute atomic E-state index is 13.2. The summed E-state index contributed by atoms with van der Waals surface area (Å²) in [5.74, 6) is -1.10. The second-order valence-corrected chi connectivity index (χ2v) is 7.98. The molecule has 0 unspecified atom stereocenters. The van der Waals surface area contributed by atoms with Crippen LogP contribution in [0.25, 0.3) is 0 Å². The van der Waals surface area contributed by atoms with Crippen molar-refractivity contribution < 1.29 is 19.1 Å². The largest absolute Gasteiger partial charge is 0.465 e. The van der Waals surface area contributed by atoms with Crippen LogP contribution >= 0.6 is 0 Å². The summed E-state index contributed by atoms with van der Waals surface area (Å²) in [6, 6.07) is 9.88. The zero-order chi connectivity index (χ0) is 18.5. The predicted octanol–water partition coefficient (Wildman–Crippen LogP) is 2.73. The third kappa shape index (κ3) is 2.57. The first kappa shape index (κ1) is 17.3. The van der Waals surface area contributed by atoms with Gasteiger partial charge < -0.3 is 14.4 Å². The Morgan fingerprint density at radius 2 is 2.04 bits per heavy atom. The third-order valence-corrected chi connectivity index (χ3v) is 5.71. The van der Waals surface area contributed by atoms with E-state index in [-0.39, 0.29) is 29.9 Å². The van der Waals surface area contributed by atoms with E-state index in [1.807, 2.05) is 68.2 Å². The maximum atomic E-state index is 13.2. The Bertz CT molecular complexity index is 744. The van der Waals surface area contributed by atoms with Crippen LogP contribution in [0.3, 0.4) is 0 Å². The van der Waals surface area contributed by atoms with Gasteiger partial charge in [-0.25, -0.2) is 0 Å². The van der Waals surface area contributed by atoms with Gasteiger partial charge in [0.05, 0.1) is 31.2 Å². The van der Waals surface area contributed by atoms with Crippen molar-refractivity contribution in [3.8, 4) is 0 Å². The lowest BCUT2D eigenvalue weighted by Crippen LogP contribution is -2.40. The minimum atomic E-state index is -0.688. The average Bonchev–Trinajstić information content (AvgIpc) is 3.28. The quantitative estimate of drug-likeness (QED) is 0.602. The molecule has 3 heterocycles. The smallest absolute Gasteiger partial charge is 0.312 e. The predicted molar refractivity (Wildman–Crippen MR) is 96.1 cm³/mol. The Hall–Kier alpha value is -2.14. The van der Waals surface area contributed by atoms with Crippen LogP contribution in [0.1, 0.15) is 32.4 Å². The molecule has 1 spiro atoms. The van der Waals surface area contributed by atoms with Crippen molar-refractivity contribution >= 4 is 11.9 Å². The van der Waals surface area contributed by atoms with Crippen LogP contribution in [-0.4, -0.2) is 41.6 Å². The second kappa shape index (κ2) is 6.23. The molecule has 5 heteroatoms. The number of nitrogens with zero attached hydrogens (tertiary/aromatic N) is 1. The number of amides is 1. The highest BCUT2D eigenvalue weighted by atomic mass is 16.6. The van der Waals surface area contributed by atoms with E-state index in [0.29, 0.717) is 13.2 Å². The van der Waals surface area contributed by atoms with Gasteiger partial charge in [0.1, 0.15) is 11.5 Å². The van der Waals surface area contributed by atoms with Gasteiger partial charge in [0, 0.05) is 0 Å². The van der Waals surface area contributed by atoms with Gasteiger partial charge in [0.25, 0.3) is 0 Å². The van der Waals surface area contributed by atoms with E-state index in [1.165, 1.54) is 0 Å². The molecular weight excluding hydrogens is 330 g/mol. The van der Waals surface area contributed by atoms with Crippen molar-refractivity contribution in [3.05, 3.63) is 48.0 Å². The molecule has 2 saturated heterocycles. The summed E-state index contributed by atoms with van der Waals surface area (Å²) >= 11 is 0. The van der Waals surface area contributed by atoms with E-state index in [4.69, 9.17) is 9.47 Å². The number of carbonyl (C=O) groups excluding carboxylic acids is 2. The lowest BCUT2D eigenvalue weighted by atomic mass is 9.77. The Kier molecular flexibility index (Phi) is 4.14. The third-order valence-electron chi connectivity index (χ3n) is 5.71. The van der Waals surface area contributed by atoms with E-state index >= 15 is 0 Å². The van der Waals surface area contributed by atoms with Gasteiger partial charge in [0.2, 0.25) is 5.91 Å². The maximum Gasteiger partial charge on any atom is 0.312 e. The lowest BCUT2D eigenvalue weighted by molar-refractivity contribution is -0.155. The minimum Gasteiger partial charge on any atom is -0.465 e. The fourth-order valence-electron chi connectivity index (χ4n) is 4.38. The summed E-state index contributed by atoms with van der Waals surface area (Å²) in [5, 5.41) is 0. The fraction of sp³-hybridized carbons (Fsp3) is 0.524. The first-order valence-corrected chi connectivity index (χ1v) is 9.32. The van der Waals surface area contributed by atoms with Gasteiger partial charge in [-0.2, -0.15) is 0 Å². The van der Waals surface area contributed by atoms with Crippen molar-refractivity contribution in [2.24, 2.45) is 17.8 Å². The van der Waals surface area contributed by atoms with Crippen LogP contribution in [0.5, 0.6) is 0 Å². The molecule has 5 nitrogen and oxygen atoms in total. The second-order valence-electron chi connectivity index (χ2n) is 7.98. The summed E-state index contributed by atoms with van der Waals surface area (Å²) in [4.78, 5) is 27.7. The molecule has 1 aromatic carbocycles. The van der Waals surface area contributed by atoms with Crippen LogP contribution in [-0.2, 0) is 19.1 Å². The van der Waals surface area contributed by atoms with Crippen LogP contribution in [0.4, 0.5) is 0 Å². The van der Waals surface area contributed by atoms with Gasteiger partial charge in [-0.15, -0.1) is 0 Å². The van der Waals surface area contributed by atoms with Gasteiger partial charge in [-0.1, -0.05) is 56.3 Å². The zero-order valence-corrected chi connectivity index (χ0v) is 15.4. The molecule has 0 aliphatic carbocycles. The van der Waals surface area contributed by atoms with Crippen molar-refractivity contribution in [1.29, 1.82) is 0 Å². The lowest BCUT2D eigenvalue weighted by Gasteiger charge is -2.27. The molecule has 2 fully saturated rings. The van der Waals surface area contributed by atoms with Crippen LogP contribution in [0, 0.1) is 17.8 Å². The molecule has 0 saturated carbocycles. The standard InChI is InChI=1S/C21H25NO4/c1-13(2)11-25-20(24)17-16-9-10-21(26-16)12-22(19(23)18(17)21)14(3)15-7-5-4-6-8-15/h4-10,13-14,16-18H,11-12H2,1-3H3/t14-,16-,17-,18+,21+/m1/s1. The van der Waals surface area contributed by atoms with Crippen molar-refractivity contribution in [3.63, 3.8) is 0 Å². The van der Waals surface area contributed by atoms with Gasteiger partial charge >= 0.3 is 5.97 Å². The summed E-state index contributed by atoms with van der Waals surface area (Å²) in [6.07, 6.45) is 3.55. The SMILES string of the molecule is CC(C)COC(=O)[C@H]1[C@H]2C(=O)N([C@H](C)c3ccccc3)C[C@@]23C=C[C@H]1O3. The van der Waals surface area contributed by atoms with E-state index in [0.717, 1.165) is 5.56 Å². The Balaban J connectivity index is 1.58. The number of benzene rings is 1. The topological polar surface area (TPSA) is 55.8 Å². The Labute approximate surface area is 154 Å². The van der Waals surface area contributed by atoms with Crippen molar-refractivity contribution in [2.45, 2.75) is 38.5 Å². The highest BCUT2D eigenvalue weighted by Gasteiger charge is 2.67. The summed E-state index contributed by atoms with van der Waals surface area (Å²) in [7, 11) is 0. The number of esters is 1. The van der Waals surface area contributed by atoms with Gasteiger partial charge in [0.15, 0.2) is 0 Å². The molecule has 3 aliphatic rings. The average molecular weight is 355 g/mol. The molecule has 5 atom stereocenters. The Morgan fingerprint density at radius 1 is 1.31 bits per heavy atom. The minimum absolute atomic E-state index is 0.0142.